The Kier molecular flexibility index (Phi) is 3.87. The lowest BCUT2D eigenvalue weighted by atomic mass is 10.0. The van der Waals surface area contributed by atoms with E-state index in [1.807, 2.05) is 43.3 Å². The molecule has 2 nitrogen and oxygen atoms in total. The van der Waals surface area contributed by atoms with Crippen molar-refractivity contribution in [2.45, 2.75) is 19.9 Å². The summed E-state index contributed by atoms with van der Waals surface area (Å²) in [4.78, 5) is 0. The van der Waals surface area contributed by atoms with Crippen molar-refractivity contribution in [2.75, 3.05) is 6.54 Å². The zero-order chi connectivity index (χ0) is 12.3. The number of hydrogen-bond donors (Lipinski definition) is 1. The molecule has 0 fully saturated rings. The molecule has 90 valence electrons. The van der Waals surface area contributed by atoms with Gasteiger partial charge in [-0.3, -0.25) is 0 Å². The minimum atomic E-state index is 0.0161. The monoisotopic (exact) mass is 249 g/mol. The van der Waals surface area contributed by atoms with Crippen LogP contribution < -0.4 is 5.32 Å². The number of benzene rings is 1. The largest absolute Gasteiger partial charge is 0.464 e. The van der Waals surface area contributed by atoms with Gasteiger partial charge < -0.3 is 9.73 Å². The van der Waals surface area contributed by atoms with Crippen LogP contribution >= 0.6 is 11.6 Å². The van der Waals surface area contributed by atoms with Crippen molar-refractivity contribution >= 4 is 11.6 Å². The predicted octanol–water partition coefficient (Wildman–Crippen LogP) is 3.94. The molecule has 0 aliphatic carbocycles. The zero-order valence-corrected chi connectivity index (χ0v) is 10.8. The van der Waals surface area contributed by atoms with Crippen molar-refractivity contribution in [3.63, 3.8) is 0 Å². The van der Waals surface area contributed by atoms with Gasteiger partial charge in [-0.25, -0.2) is 0 Å². The van der Waals surface area contributed by atoms with E-state index in [1.54, 1.807) is 0 Å². The topological polar surface area (TPSA) is 25.2 Å². The maximum Gasteiger partial charge on any atom is 0.125 e. The Hall–Kier alpha value is -1.25. The van der Waals surface area contributed by atoms with Crippen LogP contribution in [0.15, 0.2) is 40.8 Å². The van der Waals surface area contributed by atoms with E-state index >= 15 is 0 Å². The minimum absolute atomic E-state index is 0.0161. The third kappa shape index (κ3) is 2.71. The average molecular weight is 250 g/mol. The third-order valence-electron chi connectivity index (χ3n) is 2.67. The second-order valence-electron chi connectivity index (χ2n) is 3.96. The van der Waals surface area contributed by atoms with Gasteiger partial charge in [0.2, 0.25) is 0 Å². The number of halogens is 1. The van der Waals surface area contributed by atoms with Crippen LogP contribution in [0.3, 0.4) is 0 Å². The van der Waals surface area contributed by atoms with Gasteiger partial charge in [0, 0.05) is 5.02 Å². The quantitative estimate of drug-likeness (QED) is 0.888. The summed E-state index contributed by atoms with van der Waals surface area (Å²) in [7, 11) is 0. The van der Waals surface area contributed by atoms with Gasteiger partial charge in [-0.2, -0.15) is 0 Å². The molecule has 1 aromatic heterocycles. The van der Waals surface area contributed by atoms with E-state index in [-0.39, 0.29) is 6.04 Å². The number of nitrogens with one attached hydrogen (secondary N) is 1. The van der Waals surface area contributed by atoms with Crippen LogP contribution in [0.2, 0.25) is 5.02 Å². The summed E-state index contributed by atoms with van der Waals surface area (Å²) >= 11 is 6.23. The van der Waals surface area contributed by atoms with Gasteiger partial charge in [-0.15, -0.1) is 0 Å². The predicted molar refractivity (Wildman–Crippen MR) is 70.4 cm³/mol. The lowest BCUT2D eigenvalue weighted by Gasteiger charge is -2.17. The lowest BCUT2D eigenvalue weighted by Crippen LogP contribution is -2.21. The highest BCUT2D eigenvalue weighted by atomic mass is 35.5. The highest BCUT2D eigenvalue weighted by molar-refractivity contribution is 6.31. The van der Waals surface area contributed by atoms with Crippen LogP contribution in [0.25, 0.3) is 0 Å². The van der Waals surface area contributed by atoms with Gasteiger partial charge >= 0.3 is 0 Å². The summed E-state index contributed by atoms with van der Waals surface area (Å²) in [6.45, 7) is 4.87. The molecule has 1 atom stereocenters. The fourth-order valence-electron chi connectivity index (χ4n) is 1.89. The molecule has 1 heterocycles. The molecule has 17 heavy (non-hydrogen) atoms. The molecule has 0 aliphatic heterocycles. The molecule has 0 saturated heterocycles. The maximum absolute atomic E-state index is 6.23. The summed E-state index contributed by atoms with van der Waals surface area (Å²) < 4.78 is 5.69. The Morgan fingerprint density at radius 3 is 2.59 bits per heavy atom. The Morgan fingerprint density at radius 1 is 1.24 bits per heavy atom. The number of rotatable bonds is 4. The van der Waals surface area contributed by atoms with Gasteiger partial charge in [0.25, 0.3) is 0 Å². The van der Waals surface area contributed by atoms with Crippen molar-refractivity contribution in [3.8, 4) is 0 Å². The van der Waals surface area contributed by atoms with Gasteiger partial charge in [-0.1, -0.05) is 36.7 Å². The van der Waals surface area contributed by atoms with Crippen LogP contribution in [0.4, 0.5) is 0 Å². The van der Waals surface area contributed by atoms with Crippen LogP contribution in [0, 0.1) is 6.92 Å². The van der Waals surface area contributed by atoms with Crippen molar-refractivity contribution in [2.24, 2.45) is 0 Å². The molecule has 0 bridgehead atoms. The molecule has 1 aromatic carbocycles. The summed E-state index contributed by atoms with van der Waals surface area (Å²) in [6, 6.07) is 11.8. The number of hydrogen-bond acceptors (Lipinski definition) is 2. The molecule has 0 saturated carbocycles. The summed E-state index contributed by atoms with van der Waals surface area (Å²) in [5.74, 6) is 1.81. The molecular weight excluding hydrogens is 234 g/mol. The van der Waals surface area contributed by atoms with Gasteiger partial charge in [0.05, 0.1) is 6.04 Å². The third-order valence-corrected chi connectivity index (χ3v) is 3.01. The normalized spacial score (nSPS) is 12.6. The molecule has 0 spiro atoms. The maximum atomic E-state index is 6.23. The summed E-state index contributed by atoms with van der Waals surface area (Å²) in [5.41, 5.74) is 1.05. The Bertz CT molecular complexity index is 492. The second kappa shape index (κ2) is 5.39. The van der Waals surface area contributed by atoms with E-state index in [2.05, 4.69) is 12.2 Å². The van der Waals surface area contributed by atoms with E-state index in [0.717, 1.165) is 28.7 Å². The van der Waals surface area contributed by atoms with Crippen LogP contribution in [0.5, 0.6) is 0 Å². The number of aryl methyl sites for hydroxylation is 1. The lowest BCUT2D eigenvalue weighted by molar-refractivity contribution is 0.435. The van der Waals surface area contributed by atoms with Crippen molar-refractivity contribution in [1.82, 2.24) is 5.32 Å². The van der Waals surface area contributed by atoms with Crippen LogP contribution in [0.1, 0.15) is 30.0 Å². The highest BCUT2D eigenvalue weighted by Gasteiger charge is 2.18. The van der Waals surface area contributed by atoms with Gasteiger partial charge in [0.1, 0.15) is 11.5 Å². The Balaban J connectivity index is 2.39. The molecule has 3 heteroatoms. The van der Waals surface area contributed by atoms with E-state index in [4.69, 9.17) is 16.0 Å². The second-order valence-corrected chi connectivity index (χ2v) is 4.37. The summed E-state index contributed by atoms with van der Waals surface area (Å²) in [6.07, 6.45) is 0. The molecule has 0 aliphatic rings. The average Bonchev–Trinajstić information content (AvgIpc) is 2.74. The van der Waals surface area contributed by atoms with Crippen molar-refractivity contribution in [1.29, 1.82) is 0 Å². The Labute approximate surface area is 107 Å². The first-order valence-corrected chi connectivity index (χ1v) is 6.14. The van der Waals surface area contributed by atoms with Crippen molar-refractivity contribution < 1.29 is 4.42 Å². The molecule has 2 rings (SSSR count). The van der Waals surface area contributed by atoms with E-state index in [0.29, 0.717) is 0 Å². The van der Waals surface area contributed by atoms with Crippen molar-refractivity contribution in [3.05, 3.63) is 58.5 Å². The zero-order valence-electron chi connectivity index (χ0n) is 10.0. The SMILES string of the molecule is CCNC(c1ccc(C)o1)c1ccccc1Cl. The van der Waals surface area contributed by atoms with E-state index in [1.165, 1.54) is 0 Å². The molecule has 0 radical (unpaired) electrons. The Morgan fingerprint density at radius 2 is 2.00 bits per heavy atom. The van der Waals surface area contributed by atoms with E-state index in [9.17, 15) is 0 Å². The summed E-state index contributed by atoms with van der Waals surface area (Å²) in [5, 5.41) is 4.15. The highest BCUT2D eigenvalue weighted by Crippen LogP contribution is 2.29. The van der Waals surface area contributed by atoms with Gasteiger partial charge in [-0.05, 0) is 37.2 Å². The first-order valence-electron chi connectivity index (χ1n) is 5.76. The standard InChI is InChI=1S/C14H16ClNO/c1-3-16-14(13-9-8-10(2)17-13)11-6-4-5-7-12(11)15/h4-9,14,16H,3H2,1-2H3. The first-order chi connectivity index (χ1) is 8.22. The smallest absolute Gasteiger partial charge is 0.125 e. The van der Waals surface area contributed by atoms with Crippen LogP contribution in [-0.4, -0.2) is 6.54 Å². The molecule has 1 N–H and O–H groups in total. The molecular formula is C14H16ClNO. The molecule has 2 aromatic rings. The van der Waals surface area contributed by atoms with Crippen LogP contribution in [-0.2, 0) is 0 Å². The minimum Gasteiger partial charge on any atom is -0.464 e. The molecule has 1 unspecified atom stereocenters. The number of furan rings is 1. The first kappa shape index (κ1) is 12.2. The fraction of sp³-hybridized carbons (Fsp3) is 0.286. The van der Waals surface area contributed by atoms with Gasteiger partial charge in [0.15, 0.2) is 0 Å². The fourth-order valence-corrected chi connectivity index (χ4v) is 2.13. The molecule has 0 amide bonds. The van der Waals surface area contributed by atoms with E-state index < -0.39 is 0 Å².